The van der Waals surface area contributed by atoms with Crippen molar-refractivity contribution in [2.24, 2.45) is 0 Å². The minimum absolute atomic E-state index is 0.383. The number of hydrogen-bond donors (Lipinski definition) is 2. The first kappa shape index (κ1) is 14.1. The van der Waals surface area contributed by atoms with Gasteiger partial charge >= 0.3 is 5.97 Å². The second-order valence-corrected chi connectivity index (χ2v) is 5.62. The highest BCUT2D eigenvalue weighted by molar-refractivity contribution is 9.10. The Morgan fingerprint density at radius 2 is 2.37 bits per heavy atom. The normalized spacial score (nSPS) is 12.3. The zero-order valence-corrected chi connectivity index (χ0v) is 12.5. The largest absolute Gasteiger partial charge is 0.480 e. The first-order valence-electron chi connectivity index (χ1n) is 5.53. The van der Waals surface area contributed by atoms with Crippen LogP contribution in [0.15, 0.2) is 27.6 Å². The van der Waals surface area contributed by atoms with Crippen molar-refractivity contribution in [1.82, 2.24) is 15.3 Å². The summed E-state index contributed by atoms with van der Waals surface area (Å²) < 4.78 is 0.906. The first-order valence-corrected chi connectivity index (χ1v) is 7.27. The topological polar surface area (TPSA) is 75.1 Å². The number of carboxylic acids is 1. The number of nitrogens with zero attached hydrogens (tertiary/aromatic N) is 2. The summed E-state index contributed by atoms with van der Waals surface area (Å²) >= 11 is 4.72. The van der Waals surface area contributed by atoms with E-state index < -0.39 is 12.0 Å². The van der Waals surface area contributed by atoms with E-state index in [0.29, 0.717) is 12.2 Å². The number of carboxylic acid groups (broad SMARTS) is 1. The molecule has 19 heavy (non-hydrogen) atoms. The number of aliphatic carboxylic acids is 1. The van der Waals surface area contributed by atoms with Crippen LogP contribution in [0, 0.1) is 6.92 Å². The van der Waals surface area contributed by atoms with Crippen LogP contribution >= 0.6 is 27.3 Å². The van der Waals surface area contributed by atoms with Gasteiger partial charge in [0.2, 0.25) is 0 Å². The van der Waals surface area contributed by atoms with Crippen LogP contribution in [0.3, 0.4) is 0 Å². The number of halogens is 1. The van der Waals surface area contributed by atoms with E-state index in [-0.39, 0.29) is 0 Å². The molecule has 0 aliphatic carbocycles. The quantitative estimate of drug-likeness (QED) is 0.873. The molecule has 7 heteroatoms. The van der Waals surface area contributed by atoms with Crippen molar-refractivity contribution in [1.29, 1.82) is 0 Å². The molecular weight excluding hydrogens is 330 g/mol. The molecule has 0 radical (unpaired) electrons. The van der Waals surface area contributed by atoms with Gasteiger partial charge in [0.1, 0.15) is 6.04 Å². The van der Waals surface area contributed by atoms with Crippen LogP contribution in [-0.4, -0.2) is 21.0 Å². The summed E-state index contributed by atoms with van der Waals surface area (Å²) in [5, 5.41) is 13.9. The summed E-state index contributed by atoms with van der Waals surface area (Å²) in [6.07, 6.45) is 1.70. The van der Waals surface area contributed by atoms with Crippen LogP contribution in [0.25, 0.3) is 0 Å². The van der Waals surface area contributed by atoms with Gasteiger partial charge in [-0.05, 0) is 34.5 Å². The molecule has 5 nitrogen and oxygen atoms in total. The fourth-order valence-electron chi connectivity index (χ4n) is 1.64. The Morgan fingerprint density at radius 3 is 2.95 bits per heavy atom. The third-order valence-electron chi connectivity index (χ3n) is 2.62. The highest BCUT2D eigenvalue weighted by Crippen LogP contribution is 2.16. The minimum Gasteiger partial charge on any atom is -0.480 e. The highest BCUT2D eigenvalue weighted by Gasteiger charge is 2.21. The van der Waals surface area contributed by atoms with Crippen molar-refractivity contribution < 1.29 is 9.90 Å². The number of hydrogen-bond acceptors (Lipinski definition) is 5. The summed E-state index contributed by atoms with van der Waals surface area (Å²) in [4.78, 5) is 19.5. The molecule has 2 heterocycles. The van der Waals surface area contributed by atoms with Gasteiger partial charge in [-0.25, -0.2) is 4.98 Å². The van der Waals surface area contributed by atoms with E-state index in [4.69, 9.17) is 0 Å². The molecule has 1 unspecified atom stereocenters. The van der Waals surface area contributed by atoms with E-state index in [1.165, 1.54) is 11.3 Å². The Kier molecular flexibility index (Phi) is 4.62. The molecule has 0 aliphatic rings. The molecule has 2 aromatic rings. The average Bonchev–Trinajstić information content (AvgIpc) is 2.85. The van der Waals surface area contributed by atoms with Crippen molar-refractivity contribution in [2.75, 3.05) is 0 Å². The molecule has 0 aliphatic heterocycles. The van der Waals surface area contributed by atoms with Crippen LogP contribution in [0.5, 0.6) is 0 Å². The maximum atomic E-state index is 11.2. The fourth-order valence-corrected chi connectivity index (χ4v) is 2.66. The van der Waals surface area contributed by atoms with Crippen molar-refractivity contribution in [3.63, 3.8) is 0 Å². The number of rotatable bonds is 5. The van der Waals surface area contributed by atoms with Crippen molar-refractivity contribution in [3.8, 4) is 0 Å². The lowest BCUT2D eigenvalue weighted by Crippen LogP contribution is -2.29. The number of nitrogens with one attached hydrogen (secondary N) is 1. The molecule has 0 fully saturated rings. The van der Waals surface area contributed by atoms with E-state index in [1.807, 2.05) is 13.0 Å². The molecule has 1 atom stereocenters. The Balaban J connectivity index is 2.09. The minimum atomic E-state index is -0.944. The summed E-state index contributed by atoms with van der Waals surface area (Å²) in [5.74, 6) is -0.944. The highest BCUT2D eigenvalue weighted by atomic mass is 79.9. The van der Waals surface area contributed by atoms with Gasteiger partial charge in [-0.1, -0.05) is 0 Å². The maximum absolute atomic E-state index is 11.2. The van der Waals surface area contributed by atoms with Crippen molar-refractivity contribution in [2.45, 2.75) is 19.5 Å². The van der Waals surface area contributed by atoms with Crippen molar-refractivity contribution >= 4 is 33.2 Å². The molecule has 0 bridgehead atoms. The Bertz CT molecular complexity index is 574. The predicted molar refractivity (Wildman–Crippen MR) is 76.0 cm³/mol. The molecule has 2 rings (SSSR count). The number of aryl methyl sites for hydroxylation is 1. The second kappa shape index (κ2) is 6.23. The predicted octanol–water partition coefficient (Wildman–Crippen LogP) is 2.52. The standard InChI is InChI=1S/C12H12BrN3O2S/c1-7-2-8(13)3-14-9(7)4-15-11(12(17)18)10-5-19-6-16-10/h2-3,5-6,11,15H,4H2,1H3,(H,17,18). The number of thiazole rings is 1. The van der Waals surface area contributed by atoms with Gasteiger partial charge in [0.05, 0.1) is 16.9 Å². The lowest BCUT2D eigenvalue weighted by atomic mass is 10.2. The SMILES string of the molecule is Cc1cc(Br)cnc1CNC(C(=O)O)c1cscn1. The smallest absolute Gasteiger partial charge is 0.327 e. The molecule has 0 spiro atoms. The van der Waals surface area contributed by atoms with Crippen molar-refractivity contribution in [3.05, 3.63) is 44.6 Å². The lowest BCUT2D eigenvalue weighted by molar-refractivity contribution is -0.139. The summed E-state index contributed by atoms with van der Waals surface area (Å²) in [7, 11) is 0. The lowest BCUT2D eigenvalue weighted by Gasteiger charge is -2.13. The van der Waals surface area contributed by atoms with Crippen LogP contribution < -0.4 is 5.32 Å². The molecule has 0 saturated heterocycles. The monoisotopic (exact) mass is 341 g/mol. The van der Waals surface area contributed by atoms with Crippen LogP contribution in [0.2, 0.25) is 0 Å². The molecule has 2 N–H and O–H groups in total. The van der Waals surface area contributed by atoms with Crippen LogP contribution in [-0.2, 0) is 11.3 Å². The van der Waals surface area contributed by atoms with E-state index >= 15 is 0 Å². The summed E-state index contributed by atoms with van der Waals surface area (Å²) in [6.45, 7) is 2.32. The van der Waals surface area contributed by atoms with E-state index in [9.17, 15) is 9.90 Å². The van der Waals surface area contributed by atoms with Gasteiger partial charge < -0.3 is 5.11 Å². The molecular formula is C12H12BrN3O2S. The Labute approximate surface area is 122 Å². The number of aromatic nitrogens is 2. The second-order valence-electron chi connectivity index (χ2n) is 3.98. The zero-order chi connectivity index (χ0) is 13.8. The van der Waals surface area contributed by atoms with Crippen LogP contribution in [0.4, 0.5) is 0 Å². The van der Waals surface area contributed by atoms with Gasteiger partial charge in [0, 0.05) is 22.6 Å². The van der Waals surface area contributed by atoms with Gasteiger partial charge in [-0.3, -0.25) is 15.1 Å². The maximum Gasteiger partial charge on any atom is 0.327 e. The number of pyridine rings is 1. The molecule has 0 aromatic carbocycles. The molecule has 0 amide bonds. The summed E-state index contributed by atoms with van der Waals surface area (Å²) in [5.41, 5.74) is 3.97. The molecule has 2 aromatic heterocycles. The zero-order valence-electron chi connectivity index (χ0n) is 10.1. The van der Waals surface area contributed by atoms with Gasteiger partial charge in [0.15, 0.2) is 0 Å². The Morgan fingerprint density at radius 1 is 1.58 bits per heavy atom. The average molecular weight is 342 g/mol. The van der Waals surface area contributed by atoms with Gasteiger partial charge in [0.25, 0.3) is 0 Å². The van der Waals surface area contributed by atoms with Gasteiger partial charge in [-0.15, -0.1) is 11.3 Å². The third kappa shape index (κ3) is 3.59. The van der Waals surface area contributed by atoms with E-state index in [0.717, 1.165) is 15.7 Å². The van der Waals surface area contributed by atoms with Crippen LogP contribution in [0.1, 0.15) is 23.0 Å². The fraction of sp³-hybridized carbons (Fsp3) is 0.250. The molecule has 100 valence electrons. The first-order chi connectivity index (χ1) is 9.08. The van der Waals surface area contributed by atoms with Gasteiger partial charge in [-0.2, -0.15) is 0 Å². The number of carbonyl (C=O) groups is 1. The van der Waals surface area contributed by atoms with E-state index in [2.05, 4.69) is 31.2 Å². The summed E-state index contributed by atoms with van der Waals surface area (Å²) in [6, 6.07) is 1.14. The van der Waals surface area contributed by atoms with E-state index in [1.54, 1.807) is 17.1 Å². The molecule has 0 saturated carbocycles. The third-order valence-corrected chi connectivity index (χ3v) is 3.66. The Hall–Kier alpha value is -1.31.